The van der Waals surface area contributed by atoms with Crippen LogP contribution >= 0.6 is 0 Å². The first-order valence-corrected chi connectivity index (χ1v) is 7.15. The Morgan fingerprint density at radius 1 is 1.33 bits per heavy atom. The second-order valence-electron chi connectivity index (χ2n) is 6.04. The molecule has 0 aromatic heterocycles. The number of hydrogen-bond acceptors (Lipinski definition) is 4. The number of likely N-dealkylation sites (tertiary alicyclic amines) is 1. The van der Waals surface area contributed by atoms with Gasteiger partial charge in [-0.3, -0.25) is 4.79 Å². The predicted octanol–water partition coefficient (Wildman–Crippen LogP) is 1.32. The van der Waals surface area contributed by atoms with Gasteiger partial charge >= 0.3 is 18.0 Å². The first kappa shape index (κ1) is 17.3. The summed E-state index contributed by atoms with van der Waals surface area (Å²) in [4.78, 5) is 38.2. The average Bonchev–Trinajstić information content (AvgIpc) is 2.83. The van der Waals surface area contributed by atoms with Crippen LogP contribution in [0.15, 0.2) is 0 Å². The minimum absolute atomic E-state index is 0.259. The van der Waals surface area contributed by atoms with Crippen LogP contribution in [-0.4, -0.2) is 64.2 Å². The zero-order valence-electron chi connectivity index (χ0n) is 13.1. The lowest BCUT2D eigenvalue weighted by molar-refractivity contribution is -0.147. The van der Waals surface area contributed by atoms with E-state index in [9.17, 15) is 14.4 Å². The lowest BCUT2D eigenvalue weighted by Crippen LogP contribution is -2.56. The van der Waals surface area contributed by atoms with Crippen LogP contribution in [0.2, 0.25) is 0 Å². The van der Waals surface area contributed by atoms with Crippen molar-refractivity contribution in [2.45, 2.75) is 52.1 Å². The Bertz CT molecular complexity index is 416. The van der Waals surface area contributed by atoms with Gasteiger partial charge in [-0.05, 0) is 40.5 Å². The van der Waals surface area contributed by atoms with E-state index in [1.807, 2.05) is 0 Å². The lowest BCUT2D eigenvalue weighted by atomic mass is 10.1. The van der Waals surface area contributed by atoms with Gasteiger partial charge < -0.3 is 19.6 Å². The molecule has 120 valence electrons. The van der Waals surface area contributed by atoms with Gasteiger partial charge in [-0.15, -0.1) is 0 Å². The lowest BCUT2D eigenvalue weighted by Gasteiger charge is -2.38. The zero-order chi connectivity index (χ0) is 16.2. The van der Waals surface area contributed by atoms with Crippen LogP contribution in [0.1, 0.15) is 40.5 Å². The number of carbonyl (C=O) groups excluding carboxylic acids is 2. The summed E-state index contributed by atoms with van der Waals surface area (Å²) in [5.74, 6) is -1.50. The molecule has 7 heteroatoms. The van der Waals surface area contributed by atoms with Crippen molar-refractivity contribution in [2.24, 2.45) is 0 Å². The van der Waals surface area contributed by atoms with Gasteiger partial charge in [-0.2, -0.15) is 0 Å². The molecule has 1 unspecified atom stereocenters. The molecule has 0 aromatic carbocycles. The van der Waals surface area contributed by atoms with E-state index in [0.29, 0.717) is 19.4 Å². The fraction of sp³-hybridized carbons (Fsp3) is 0.786. The van der Waals surface area contributed by atoms with E-state index in [4.69, 9.17) is 9.84 Å². The minimum Gasteiger partial charge on any atom is -0.480 e. The van der Waals surface area contributed by atoms with Gasteiger partial charge in [0.15, 0.2) is 0 Å². The van der Waals surface area contributed by atoms with Gasteiger partial charge in [0.05, 0.1) is 6.61 Å². The Labute approximate surface area is 124 Å². The number of carboxylic acid groups (broad SMARTS) is 1. The van der Waals surface area contributed by atoms with Gasteiger partial charge in [-0.1, -0.05) is 0 Å². The van der Waals surface area contributed by atoms with Crippen molar-refractivity contribution in [1.29, 1.82) is 0 Å². The zero-order valence-corrected chi connectivity index (χ0v) is 13.1. The van der Waals surface area contributed by atoms with Crippen molar-refractivity contribution in [3.05, 3.63) is 0 Å². The number of hydrogen-bond donors (Lipinski definition) is 1. The number of carbonyl (C=O) groups is 3. The summed E-state index contributed by atoms with van der Waals surface area (Å²) in [7, 11) is 0. The highest BCUT2D eigenvalue weighted by molar-refractivity contribution is 5.86. The van der Waals surface area contributed by atoms with E-state index in [0.717, 1.165) is 0 Å². The number of ether oxygens (including phenoxy) is 1. The molecule has 0 bridgehead atoms. The number of nitrogens with zero attached hydrogens (tertiary/aromatic N) is 2. The summed E-state index contributed by atoms with van der Waals surface area (Å²) < 4.78 is 4.98. The van der Waals surface area contributed by atoms with Crippen LogP contribution in [0.4, 0.5) is 4.79 Å². The molecule has 1 aliphatic heterocycles. The van der Waals surface area contributed by atoms with E-state index in [1.165, 1.54) is 9.80 Å². The molecule has 1 aliphatic rings. The molecule has 1 N–H and O–H groups in total. The van der Waals surface area contributed by atoms with E-state index < -0.39 is 36.1 Å². The molecule has 1 heterocycles. The summed E-state index contributed by atoms with van der Waals surface area (Å²) in [5, 5.41) is 8.99. The van der Waals surface area contributed by atoms with Crippen LogP contribution in [0.3, 0.4) is 0 Å². The topological polar surface area (TPSA) is 87.2 Å². The highest BCUT2D eigenvalue weighted by Crippen LogP contribution is 2.23. The van der Waals surface area contributed by atoms with Crippen LogP contribution in [0, 0.1) is 0 Å². The standard InChI is InChI=1S/C14H24N2O5/c1-5-21-12(19)10-7-6-8-15(10)13(20)16(9-11(17)18)14(2,3)4/h10H,5-9H2,1-4H3,(H,17,18). The third-order valence-corrected chi connectivity index (χ3v) is 3.39. The van der Waals surface area contributed by atoms with Gasteiger partial charge in [0.25, 0.3) is 0 Å². The van der Waals surface area contributed by atoms with Crippen molar-refractivity contribution in [1.82, 2.24) is 9.80 Å². The summed E-state index contributed by atoms with van der Waals surface area (Å²) in [6.07, 6.45) is 1.26. The van der Waals surface area contributed by atoms with Crippen molar-refractivity contribution in [2.75, 3.05) is 19.7 Å². The number of amides is 2. The summed E-state index contributed by atoms with van der Waals surface area (Å²) in [6.45, 7) is 7.32. The van der Waals surface area contributed by atoms with Crippen LogP contribution < -0.4 is 0 Å². The highest BCUT2D eigenvalue weighted by Gasteiger charge is 2.40. The van der Waals surface area contributed by atoms with E-state index >= 15 is 0 Å². The largest absolute Gasteiger partial charge is 0.480 e. The maximum Gasteiger partial charge on any atom is 0.328 e. The molecule has 0 radical (unpaired) electrons. The normalized spacial score (nSPS) is 18.5. The van der Waals surface area contributed by atoms with Crippen molar-refractivity contribution in [3.63, 3.8) is 0 Å². The van der Waals surface area contributed by atoms with E-state index in [1.54, 1.807) is 27.7 Å². The number of rotatable bonds is 4. The first-order valence-electron chi connectivity index (χ1n) is 7.15. The fourth-order valence-corrected chi connectivity index (χ4v) is 2.36. The van der Waals surface area contributed by atoms with Gasteiger partial charge in [0.1, 0.15) is 12.6 Å². The summed E-state index contributed by atoms with van der Waals surface area (Å²) in [6, 6.07) is -1.04. The molecule has 0 aromatic rings. The molecule has 0 spiro atoms. The monoisotopic (exact) mass is 300 g/mol. The highest BCUT2D eigenvalue weighted by atomic mass is 16.5. The Kier molecular flexibility index (Phi) is 5.57. The number of urea groups is 1. The first-order chi connectivity index (χ1) is 9.68. The molecule has 0 aliphatic carbocycles. The molecule has 1 saturated heterocycles. The third-order valence-electron chi connectivity index (χ3n) is 3.39. The molecule has 1 atom stereocenters. The molecule has 1 fully saturated rings. The van der Waals surface area contributed by atoms with Crippen LogP contribution in [0.25, 0.3) is 0 Å². The van der Waals surface area contributed by atoms with Crippen LogP contribution in [0.5, 0.6) is 0 Å². The number of carboxylic acids is 1. The van der Waals surface area contributed by atoms with E-state index in [-0.39, 0.29) is 6.61 Å². The van der Waals surface area contributed by atoms with Crippen molar-refractivity contribution in [3.8, 4) is 0 Å². The quantitative estimate of drug-likeness (QED) is 0.791. The molecular weight excluding hydrogens is 276 g/mol. The fourth-order valence-electron chi connectivity index (χ4n) is 2.36. The molecule has 1 rings (SSSR count). The Morgan fingerprint density at radius 3 is 2.43 bits per heavy atom. The Morgan fingerprint density at radius 2 is 1.95 bits per heavy atom. The van der Waals surface area contributed by atoms with Gasteiger partial charge in [0, 0.05) is 12.1 Å². The number of esters is 1. The van der Waals surface area contributed by atoms with Crippen LogP contribution in [-0.2, 0) is 14.3 Å². The number of aliphatic carboxylic acids is 1. The summed E-state index contributed by atoms with van der Waals surface area (Å²) >= 11 is 0. The van der Waals surface area contributed by atoms with E-state index in [2.05, 4.69) is 0 Å². The Balaban J connectivity index is 2.91. The van der Waals surface area contributed by atoms with Crippen molar-refractivity contribution >= 4 is 18.0 Å². The summed E-state index contributed by atoms with van der Waals surface area (Å²) in [5.41, 5.74) is -0.642. The molecular formula is C14H24N2O5. The van der Waals surface area contributed by atoms with Crippen molar-refractivity contribution < 1.29 is 24.2 Å². The third kappa shape index (κ3) is 4.34. The second-order valence-corrected chi connectivity index (χ2v) is 6.04. The maximum absolute atomic E-state index is 12.6. The predicted molar refractivity (Wildman–Crippen MR) is 75.9 cm³/mol. The average molecular weight is 300 g/mol. The SMILES string of the molecule is CCOC(=O)C1CCCN1C(=O)N(CC(=O)O)C(C)(C)C. The molecule has 7 nitrogen and oxygen atoms in total. The smallest absolute Gasteiger partial charge is 0.328 e. The molecule has 0 saturated carbocycles. The minimum atomic E-state index is -1.08. The van der Waals surface area contributed by atoms with Gasteiger partial charge in [0.2, 0.25) is 0 Å². The second kappa shape index (κ2) is 6.78. The maximum atomic E-state index is 12.6. The van der Waals surface area contributed by atoms with Gasteiger partial charge in [-0.25, -0.2) is 9.59 Å². The molecule has 2 amide bonds. The molecule has 21 heavy (non-hydrogen) atoms. The Hall–Kier alpha value is -1.79.